The smallest absolute Gasteiger partial charge is 0.240 e. The Morgan fingerprint density at radius 3 is 2.10 bits per heavy atom. The second kappa shape index (κ2) is 4.94. The first-order valence-electron chi connectivity index (χ1n) is 6.08. The van der Waals surface area contributed by atoms with Crippen LogP contribution in [0.3, 0.4) is 0 Å². The molecule has 4 nitrogen and oxygen atoms in total. The van der Waals surface area contributed by atoms with Crippen LogP contribution in [0.2, 0.25) is 0 Å². The Kier molecular flexibility index (Phi) is 3.12. The third kappa shape index (κ3) is 2.12. The Morgan fingerprint density at radius 1 is 0.850 bits per heavy atom. The monoisotopic (exact) mass is 284 g/mol. The van der Waals surface area contributed by atoms with Gasteiger partial charge in [-0.2, -0.15) is 0 Å². The minimum absolute atomic E-state index is 0.0231. The van der Waals surface area contributed by atoms with E-state index in [4.69, 9.17) is 0 Å². The molecule has 0 fully saturated rings. The number of sulfone groups is 1. The Hall–Kier alpha value is -2.40. The quantitative estimate of drug-likeness (QED) is 0.743. The number of nitrogens with zero attached hydrogens (tertiary/aromatic N) is 2. The van der Waals surface area contributed by atoms with Crippen LogP contribution in [0, 0.1) is 0 Å². The van der Waals surface area contributed by atoms with Gasteiger partial charge in [-0.25, -0.2) is 13.4 Å². The van der Waals surface area contributed by atoms with Crippen molar-refractivity contribution in [3.63, 3.8) is 0 Å². The fourth-order valence-electron chi connectivity index (χ4n) is 1.98. The highest BCUT2D eigenvalue weighted by molar-refractivity contribution is 7.91. The van der Waals surface area contributed by atoms with Crippen LogP contribution in [-0.2, 0) is 9.84 Å². The minimum Gasteiger partial charge on any atom is -0.290 e. The number of aromatic nitrogens is 2. The first-order chi connectivity index (χ1) is 9.69. The van der Waals surface area contributed by atoms with Crippen LogP contribution in [0.5, 0.6) is 0 Å². The zero-order chi connectivity index (χ0) is 14.0. The van der Waals surface area contributed by atoms with Crippen molar-refractivity contribution in [1.29, 1.82) is 0 Å². The third-order valence-electron chi connectivity index (χ3n) is 2.94. The highest BCUT2D eigenvalue weighted by Crippen LogP contribution is 2.21. The molecule has 100 valence electrons. The predicted octanol–water partition coefficient (Wildman–Crippen LogP) is 2.71. The van der Waals surface area contributed by atoms with Crippen molar-refractivity contribution in [3.8, 4) is 5.69 Å². The minimum atomic E-state index is -3.62. The number of hydrogen-bond donors (Lipinski definition) is 0. The summed E-state index contributed by atoms with van der Waals surface area (Å²) in [7, 11) is -3.62. The molecule has 0 N–H and O–H groups in total. The summed E-state index contributed by atoms with van der Waals surface area (Å²) >= 11 is 0. The molecule has 0 radical (unpaired) electrons. The zero-order valence-corrected chi connectivity index (χ0v) is 11.4. The van der Waals surface area contributed by atoms with Gasteiger partial charge in [-0.1, -0.05) is 36.4 Å². The molecule has 1 heterocycles. The lowest BCUT2D eigenvalue weighted by Crippen LogP contribution is -2.09. The maximum Gasteiger partial charge on any atom is 0.240 e. The van der Waals surface area contributed by atoms with Gasteiger partial charge in [-0.3, -0.25) is 4.57 Å². The second-order valence-corrected chi connectivity index (χ2v) is 6.08. The SMILES string of the molecule is O=S(=O)(c1ccccc1)c1nccn1-c1ccccc1. The molecule has 5 heteroatoms. The molecular weight excluding hydrogens is 272 g/mol. The van der Waals surface area contributed by atoms with Crippen LogP contribution in [-0.4, -0.2) is 18.0 Å². The molecule has 1 aromatic heterocycles. The number of hydrogen-bond acceptors (Lipinski definition) is 3. The lowest BCUT2D eigenvalue weighted by molar-refractivity contribution is 0.584. The number of benzene rings is 2. The first kappa shape index (κ1) is 12.6. The zero-order valence-electron chi connectivity index (χ0n) is 10.5. The highest BCUT2D eigenvalue weighted by atomic mass is 32.2. The summed E-state index contributed by atoms with van der Waals surface area (Å²) in [6, 6.07) is 17.6. The van der Waals surface area contributed by atoms with E-state index in [1.165, 1.54) is 6.20 Å². The van der Waals surface area contributed by atoms with Crippen molar-refractivity contribution < 1.29 is 8.42 Å². The molecule has 0 saturated heterocycles. The molecule has 0 aliphatic heterocycles. The van der Waals surface area contributed by atoms with Gasteiger partial charge < -0.3 is 0 Å². The third-order valence-corrected chi connectivity index (χ3v) is 4.61. The average Bonchev–Trinajstić information content (AvgIpc) is 2.99. The van der Waals surface area contributed by atoms with Crippen molar-refractivity contribution in [2.75, 3.05) is 0 Å². The summed E-state index contributed by atoms with van der Waals surface area (Å²) in [5, 5.41) is 0.0231. The molecular formula is C15H12N2O2S. The molecule has 2 aromatic carbocycles. The van der Waals surface area contributed by atoms with Crippen molar-refractivity contribution in [3.05, 3.63) is 73.1 Å². The van der Waals surface area contributed by atoms with Gasteiger partial charge in [0.15, 0.2) is 0 Å². The van der Waals surface area contributed by atoms with Crippen LogP contribution in [0.15, 0.2) is 83.1 Å². The van der Waals surface area contributed by atoms with Crippen LogP contribution in [0.1, 0.15) is 0 Å². The van der Waals surface area contributed by atoms with Gasteiger partial charge in [-0.15, -0.1) is 0 Å². The number of para-hydroxylation sites is 1. The molecule has 0 aliphatic rings. The van der Waals surface area contributed by atoms with E-state index in [1.807, 2.05) is 30.3 Å². The standard InChI is InChI=1S/C15H12N2O2S/c18-20(19,14-9-5-2-6-10-14)15-16-11-12-17(15)13-7-3-1-4-8-13/h1-12H. The summed E-state index contributed by atoms with van der Waals surface area (Å²) in [6.07, 6.45) is 3.13. The van der Waals surface area contributed by atoms with Crippen LogP contribution in [0.25, 0.3) is 5.69 Å². The topological polar surface area (TPSA) is 52.0 Å². The van der Waals surface area contributed by atoms with Gasteiger partial charge in [0.05, 0.1) is 4.90 Å². The van der Waals surface area contributed by atoms with Crippen molar-refractivity contribution >= 4 is 9.84 Å². The van der Waals surface area contributed by atoms with E-state index >= 15 is 0 Å². The lowest BCUT2D eigenvalue weighted by Gasteiger charge is -2.08. The van der Waals surface area contributed by atoms with Gasteiger partial charge in [0.2, 0.25) is 15.0 Å². The fraction of sp³-hybridized carbons (Fsp3) is 0. The molecule has 0 spiro atoms. The molecule has 3 rings (SSSR count). The second-order valence-electron chi connectivity index (χ2n) is 4.23. The molecule has 3 aromatic rings. The molecule has 0 saturated carbocycles. The fourth-order valence-corrected chi connectivity index (χ4v) is 3.33. The van der Waals surface area contributed by atoms with Gasteiger partial charge in [0.25, 0.3) is 0 Å². The number of rotatable bonds is 3. The van der Waals surface area contributed by atoms with Crippen LogP contribution < -0.4 is 0 Å². The van der Waals surface area contributed by atoms with Gasteiger partial charge in [0.1, 0.15) is 0 Å². The maximum absolute atomic E-state index is 12.6. The molecule has 0 atom stereocenters. The summed E-state index contributed by atoms with van der Waals surface area (Å²) < 4.78 is 26.8. The largest absolute Gasteiger partial charge is 0.290 e. The maximum atomic E-state index is 12.6. The van der Waals surface area contributed by atoms with Gasteiger partial charge >= 0.3 is 0 Å². The molecule has 0 aliphatic carbocycles. The summed E-state index contributed by atoms with van der Waals surface area (Å²) in [5.74, 6) is 0. The molecule has 0 amide bonds. The normalized spacial score (nSPS) is 11.4. The van der Waals surface area contributed by atoms with Crippen molar-refractivity contribution in [2.24, 2.45) is 0 Å². The highest BCUT2D eigenvalue weighted by Gasteiger charge is 2.23. The average molecular weight is 284 g/mol. The van der Waals surface area contributed by atoms with E-state index in [-0.39, 0.29) is 10.1 Å². The van der Waals surface area contributed by atoms with E-state index in [9.17, 15) is 8.42 Å². The van der Waals surface area contributed by atoms with Gasteiger partial charge in [0, 0.05) is 18.1 Å². The van der Waals surface area contributed by atoms with Crippen LogP contribution >= 0.6 is 0 Å². The first-order valence-corrected chi connectivity index (χ1v) is 7.57. The van der Waals surface area contributed by atoms with Crippen molar-refractivity contribution in [1.82, 2.24) is 9.55 Å². The Labute approximate surface area is 117 Å². The Morgan fingerprint density at radius 2 is 1.45 bits per heavy atom. The van der Waals surface area contributed by atoms with Gasteiger partial charge in [-0.05, 0) is 24.3 Å². The number of imidazole rings is 1. The summed E-state index contributed by atoms with van der Waals surface area (Å²) in [4.78, 5) is 4.25. The Bertz CT molecular complexity index is 809. The van der Waals surface area contributed by atoms with E-state index in [2.05, 4.69) is 4.98 Å². The Balaban J connectivity index is 2.16. The summed E-state index contributed by atoms with van der Waals surface area (Å²) in [5.41, 5.74) is 0.763. The van der Waals surface area contributed by atoms with E-state index in [1.54, 1.807) is 41.1 Å². The van der Waals surface area contributed by atoms with Crippen LogP contribution in [0.4, 0.5) is 0 Å². The predicted molar refractivity (Wildman–Crippen MR) is 75.5 cm³/mol. The van der Waals surface area contributed by atoms with E-state index < -0.39 is 9.84 Å². The molecule has 20 heavy (non-hydrogen) atoms. The van der Waals surface area contributed by atoms with Crippen molar-refractivity contribution in [2.45, 2.75) is 10.1 Å². The van der Waals surface area contributed by atoms with E-state index in [0.29, 0.717) is 0 Å². The lowest BCUT2D eigenvalue weighted by atomic mass is 10.3. The van der Waals surface area contributed by atoms with E-state index in [0.717, 1.165) is 5.69 Å². The molecule has 0 bridgehead atoms. The molecule has 0 unspecified atom stereocenters. The summed E-state index contributed by atoms with van der Waals surface area (Å²) in [6.45, 7) is 0.